The lowest BCUT2D eigenvalue weighted by molar-refractivity contribution is -0.386. The van der Waals surface area contributed by atoms with Crippen LogP contribution >= 0.6 is 0 Å². The topological polar surface area (TPSA) is 153 Å². The summed E-state index contributed by atoms with van der Waals surface area (Å²) in [5.41, 5.74) is -0.896. The molecule has 22 heavy (non-hydrogen) atoms. The molecule has 2 rings (SSSR count). The van der Waals surface area contributed by atoms with Gasteiger partial charge in [0.2, 0.25) is 5.69 Å². The van der Waals surface area contributed by atoms with Crippen molar-refractivity contribution in [2.45, 2.75) is 0 Å². The third kappa shape index (κ3) is 2.82. The molecule has 2 aromatic rings. The Morgan fingerprint density at radius 2 is 1.86 bits per heavy atom. The van der Waals surface area contributed by atoms with Gasteiger partial charge in [-0.1, -0.05) is 0 Å². The summed E-state index contributed by atoms with van der Waals surface area (Å²) in [6.45, 7) is 0. The summed E-state index contributed by atoms with van der Waals surface area (Å²) in [7, 11) is 1.18. The number of aromatic nitrogens is 2. The van der Waals surface area contributed by atoms with Gasteiger partial charge in [0.1, 0.15) is 0 Å². The van der Waals surface area contributed by atoms with E-state index in [-0.39, 0.29) is 22.9 Å². The summed E-state index contributed by atoms with van der Waals surface area (Å²) < 4.78 is 4.69. The fourth-order valence-electron chi connectivity index (χ4n) is 1.65. The largest absolute Gasteiger partial charge is 0.475 e. The number of carbonyl (C=O) groups excluding carboxylic acids is 1. The minimum Gasteiger partial charge on any atom is -0.475 e. The van der Waals surface area contributed by atoms with Gasteiger partial charge < -0.3 is 10.1 Å². The number of benzene rings is 1. The fraction of sp³-hybridized carbons (Fsp3) is 0.0909. The second kappa shape index (κ2) is 5.87. The predicted molar refractivity (Wildman–Crippen MR) is 72.8 cm³/mol. The summed E-state index contributed by atoms with van der Waals surface area (Å²) >= 11 is 0. The summed E-state index contributed by atoms with van der Waals surface area (Å²) in [6.07, 6.45) is 0. The minimum absolute atomic E-state index is 0.146. The van der Waals surface area contributed by atoms with Crippen LogP contribution in [0.2, 0.25) is 0 Å². The van der Waals surface area contributed by atoms with E-state index in [1.807, 2.05) is 0 Å². The van der Waals surface area contributed by atoms with Crippen molar-refractivity contribution in [3.05, 3.63) is 50.2 Å². The smallest absolute Gasteiger partial charge is 0.362 e. The first-order chi connectivity index (χ1) is 10.4. The van der Waals surface area contributed by atoms with Gasteiger partial charge in [-0.3, -0.25) is 30.1 Å². The van der Waals surface area contributed by atoms with Crippen LogP contribution in [0.25, 0.3) is 0 Å². The van der Waals surface area contributed by atoms with E-state index in [0.29, 0.717) is 0 Å². The lowest BCUT2D eigenvalue weighted by atomic mass is 10.2. The van der Waals surface area contributed by atoms with Crippen LogP contribution in [-0.4, -0.2) is 33.1 Å². The molecule has 0 fully saturated rings. The van der Waals surface area contributed by atoms with Gasteiger partial charge in [0, 0.05) is 17.8 Å². The lowest BCUT2D eigenvalue weighted by Gasteiger charge is -2.02. The number of non-ortho nitro benzene ring substituents is 1. The molecule has 1 aromatic carbocycles. The molecule has 0 bridgehead atoms. The number of aromatic amines is 1. The number of nitro groups is 2. The highest BCUT2D eigenvalue weighted by molar-refractivity contribution is 6.06. The summed E-state index contributed by atoms with van der Waals surface area (Å²) in [5, 5.41) is 29.6. The molecule has 2 N–H and O–H groups in total. The van der Waals surface area contributed by atoms with E-state index in [1.54, 1.807) is 0 Å². The van der Waals surface area contributed by atoms with Gasteiger partial charge in [0.05, 0.1) is 17.0 Å². The molecule has 1 amide bonds. The van der Waals surface area contributed by atoms with Crippen LogP contribution < -0.4 is 10.1 Å². The standard InChI is InChI=1S/C11H9N5O6/c1-22-11-9(16(20)21)8(13-14-11)10(17)12-6-2-4-7(5-3-6)15(18)19/h2-5H,1H3,(H,12,17)(H,13,14). The normalized spacial score (nSPS) is 10.0. The Morgan fingerprint density at radius 1 is 1.23 bits per heavy atom. The van der Waals surface area contributed by atoms with Crippen LogP contribution in [-0.2, 0) is 0 Å². The van der Waals surface area contributed by atoms with E-state index in [0.717, 1.165) is 0 Å². The monoisotopic (exact) mass is 307 g/mol. The maximum Gasteiger partial charge on any atom is 0.362 e. The maximum atomic E-state index is 12.0. The van der Waals surface area contributed by atoms with Gasteiger partial charge in [-0.05, 0) is 12.1 Å². The SMILES string of the molecule is COc1n[nH]c(C(=O)Nc2ccc([N+](=O)[O-])cc2)c1[N+](=O)[O-]. The quantitative estimate of drug-likeness (QED) is 0.626. The molecule has 0 aliphatic carbocycles. The first kappa shape index (κ1) is 14.9. The zero-order valence-electron chi connectivity index (χ0n) is 11.1. The Balaban J connectivity index is 2.24. The van der Waals surface area contributed by atoms with E-state index in [1.165, 1.54) is 31.4 Å². The van der Waals surface area contributed by atoms with E-state index >= 15 is 0 Å². The maximum absolute atomic E-state index is 12.0. The number of methoxy groups -OCH3 is 1. The van der Waals surface area contributed by atoms with Crippen molar-refractivity contribution in [3.8, 4) is 5.88 Å². The zero-order valence-corrected chi connectivity index (χ0v) is 11.1. The van der Waals surface area contributed by atoms with Crippen LogP contribution in [0.5, 0.6) is 5.88 Å². The molecule has 0 saturated heterocycles. The third-order valence-corrected chi connectivity index (χ3v) is 2.65. The molecule has 114 valence electrons. The van der Waals surface area contributed by atoms with E-state index in [2.05, 4.69) is 15.5 Å². The first-order valence-electron chi connectivity index (χ1n) is 5.76. The molecule has 0 aliphatic heterocycles. The molecule has 1 heterocycles. The second-order valence-corrected chi connectivity index (χ2v) is 3.97. The molecule has 11 heteroatoms. The molecule has 0 aliphatic rings. The number of rotatable bonds is 5. The van der Waals surface area contributed by atoms with Crippen LogP contribution in [0.15, 0.2) is 24.3 Å². The van der Waals surface area contributed by atoms with E-state index < -0.39 is 21.4 Å². The zero-order chi connectivity index (χ0) is 16.3. The summed E-state index contributed by atoms with van der Waals surface area (Å²) in [5.74, 6) is -1.14. The molecule has 1 aromatic heterocycles. The Bertz CT molecular complexity index is 738. The number of ether oxygens (including phenoxy) is 1. The molecular weight excluding hydrogens is 298 g/mol. The molecule has 11 nitrogen and oxygen atoms in total. The highest BCUT2D eigenvalue weighted by atomic mass is 16.6. The molecule has 0 saturated carbocycles. The number of H-pyrrole nitrogens is 1. The highest BCUT2D eigenvalue weighted by Gasteiger charge is 2.30. The van der Waals surface area contributed by atoms with Crippen LogP contribution in [0.4, 0.5) is 17.1 Å². The van der Waals surface area contributed by atoms with Crippen LogP contribution in [0.3, 0.4) is 0 Å². The number of nitro benzene ring substituents is 1. The van der Waals surface area contributed by atoms with Crippen molar-refractivity contribution in [1.82, 2.24) is 10.2 Å². The number of hydrogen-bond acceptors (Lipinski definition) is 7. The number of hydrogen-bond donors (Lipinski definition) is 2. The Kier molecular flexibility index (Phi) is 3.97. The third-order valence-electron chi connectivity index (χ3n) is 2.65. The number of anilines is 1. The molecular formula is C11H9N5O6. The van der Waals surface area contributed by atoms with Gasteiger partial charge in [-0.25, -0.2) is 0 Å². The van der Waals surface area contributed by atoms with E-state index in [4.69, 9.17) is 4.74 Å². The minimum atomic E-state index is -0.823. The molecule has 0 unspecified atom stereocenters. The van der Waals surface area contributed by atoms with Gasteiger partial charge >= 0.3 is 11.6 Å². The highest BCUT2D eigenvalue weighted by Crippen LogP contribution is 2.28. The Morgan fingerprint density at radius 3 is 2.36 bits per heavy atom. The van der Waals surface area contributed by atoms with Crippen molar-refractivity contribution >= 4 is 23.0 Å². The predicted octanol–water partition coefficient (Wildman–Crippen LogP) is 1.49. The van der Waals surface area contributed by atoms with Crippen molar-refractivity contribution in [2.75, 3.05) is 12.4 Å². The fourth-order valence-corrected chi connectivity index (χ4v) is 1.65. The van der Waals surface area contributed by atoms with Crippen molar-refractivity contribution in [2.24, 2.45) is 0 Å². The number of nitrogens with zero attached hydrogens (tertiary/aromatic N) is 3. The molecule has 0 atom stereocenters. The average Bonchev–Trinajstić information content (AvgIpc) is 2.92. The summed E-state index contributed by atoms with van der Waals surface area (Å²) in [6, 6.07) is 4.99. The second-order valence-electron chi connectivity index (χ2n) is 3.97. The van der Waals surface area contributed by atoms with Gasteiger partial charge in [-0.2, -0.15) is 0 Å². The Labute approximate surface area is 122 Å². The van der Waals surface area contributed by atoms with Gasteiger partial charge in [0.25, 0.3) is 11.6 Å². The van der Waals surface area contributed by atoms with Crippen LogP contribution in [0, 0.1) is 20.2 Å². The van der Waals surface area contributed by atoms with Gasteiger partial charge in [0.15, 0.2) is 0 Å². The lowest BCUT2D eigenvalue weighted by Crippen LogP contribution is -2.14. The molecule has 0 spiro atoms. The van der Waals surface area contributed by atoms with Crippen molar-refractivity contribution < 1.29 is 19.4 Å². The van der Waals surface area contributed by atoms with E-state index in [9.17, 15) is 25.0 Å². The number of amides is 1. The van der Waals surface area contributed by atoms with Gasteiger partial charge in [-0.15, -0.1) is 5.10 Å². The number of carbonyl (C=O) groups is 1. The van der Waals surface area contributed by atoms with Crippen LogP contribution in [0.1, 0.15) is 10.5 Å². The summed E-state index contributed by atoms with van der Waals surface area (Å²) in [4.78, 5) is 32.1. The van der Waals surface area contributed by atoms with Crippen molar-refractivity contribution in [1.29, 1.82) is 0 Å². The Hall–Kier alpha value is -3.50. The number of nitrogens with one attached hydrogen (secondary N) is 2. The van der Waals surface area contributed by atoms with Crippen molar-refractivity contribution in [3.63, 3.8) is 0 Å². The first-order valence-corrected chi connectivity index (χ1v) is 5.76. The average molecular weight is 307 g/mol. The molecule has 0 radical (unpaired) electrons.